The Morgan fingerprint density at radius 1 is 1.36 bits per heavy atom. The molecule has 84 valence electrons. The summed E-state index contributed by atoms with van der Waals surface area (Å²) in [6.07, 6.45) is 0.741. The van der Waals surface area contributed by atoms with Crippen LogP contribution in [0.25, 0.3) is 0 Å². The van der Waals surface area contributed by atoms with Crippen LogP contribution in [0.4, 0.5) is 0 Å². The van der Waals surface area contributed by atoms with E-state index in [-0.39, 0.29) is 11.2 Å². The van der Waals surface area contributed by atoms with E-state index in [1.807, 2.05) is 0 Å². The van der Waals surface area contributed by atoms with Gasteiger partial charge in [-0.25, -0.2) is 8.42 Å². The molecule has 2 unspecified atom stereocenters. The number of rotatable bonds is 3. The van der Waals surface area contributed by atoms with Crippen molar-refractivity contribution in [1.29, 1.82) is 0 Å². The second-order valence-corrected chi connectivity index (χ2v) is 7.13. The molecule has 0 aromatic heterocycles. The monoisotopic (exact) mass is 219 g/mol. The molecule has 1 fully saturated rings. The van der Waals surface area contributed by atoms with E-state index in [1.54, 1.807) is 0 Å². The zero-order valence-corrected chi connectivity index (χ0v) is 10.1. The summed E-state index contributed by atoms with van der Waals surface area (Å²) in [7, 11) is -2.82. The predicted octanol–water partition coefficient (Wildman–Crippen LogP) is 1.04. The Kier molecular flexibility index (Phi) is 3.26. The highest BCUT2D eigenvalue weighted by molar-refractivity contribution is 7.91. The molecule has 2 N–H and O–H groups in total. The van der Waals surface area contributed by atoms with Crippen molar-refractivity contribution >= 4 is 9.84 Å². The van der Waals surface area contributed by atoms with E-state index in [2.05, 4.69) is 20.8 Å². The minimum Gasteiger partial charge on any atom is -0.330 e. The number of hydrogen-bond acceptors (Lipinski definition) is 3. The maximum atomic E-state index is 11.5. The Balaban J connectivity index is 2.90. The van der Waals surface area contributed by atoms with Crippen molar-refractivity contribution in [1.82, 2.24) is 0 Å². The first-order valence-corrected chi connectivity index (χ1v) is 7.06. The van der Waals surface area contributed by atoms with Gasteiger partial charge in [-0.1, -0.05) is 20.8 Å². The van der Waals surface area contributed by atoms with Crippen molar-refractivity contribution in [2.24, 2.45) is 23.0 Å². The largest absolute Gasteiger partial charge is 0.330 e. The van der Waals surface area contributed by atoms with Crippen LogP contribution >= 0.6 is 0 Å². The van der Waals surface area contributed by atoms with Gasteiger partial charge in [0.2, 0.25) is 0 Å². The standard InChI is InChI=1S/C10H21NO2S/c1-8(2)9(3)10(6-11)4-5-14(12,13)7-10/h8-9H,4-7,11H2,1-3H3. The molecule has 0 spiro atoms. The fraction of sp³-hybridized carbons (Fsp3) is 1.00. The summed E-state index contributed by atoms with van der Waals surface area (Å²) in [5, 5.41) is 0. The van der Waals surface area contributed by atoms with E-state index in [0.717, 1.165) is 6.42 Å². The SMILES string of the molecule is CC(C)C(C)C1(CN)CCS(=O)(=O)C1. The van der Waals surface area contributed by atoms with Crippen LogP contribution in [0.15, 0.2) is 0 Å². The number of hydrogen-bond donors (Lipinski definition) is 1. The zero-order valence-electron chi connectivity index (χ0n) is 9.29. The number of nitrogens with two attached hydrogens (primary N) is 1. The number of sulfone groups is 1. The third kappa shape index (κ3) is 2.11. The maximum absolute atomic E-state index is 11.5. The third-order valence-electron chi connectivity index (χ3n) is 3.79. The van der Waals surface area contributed by atoms with E-state index in [4.69, 9.17) is 5.73 Å². The summed E-state index contributed by atoms with van der Waals surface area (Å²) in [5.41, 5.74) is 5.60. The van der Waals surface area contributed by atoms with Gasteiger partial charge in [0.1, 0.15) is 0 Å². The molecule has 2 atom stereocenters. The Labute approximate surface area is 87.0 Å². The Morgan fingerprint density at radius 2 is 1.93 bits per heavy atom. The van der Waals surface area contributed by atoms with Crippen molar-refractivity contribution in [3.63, 3.8) is 0 Å². The normalized spacial score (nSPS) is 33.5. The lowest BCUT2D eigenvalue weighted by Crippen LogP contribution is -2.40. The minimum absolute atomic E-state index is 0.160. The Bertz CT molecular complexity index is 297. The molecule has 1 aliphatic rings. The minimum atomic E-state index is -2.82. The van der Waals surface area contributed by atoms with Crippen LogP contribution in [0.5, 0.6) is 0 Å². The third-order valence-corrected chi connectivity index (χ3v) is 5.63. The smallest absolute Gasteiger partial charge is 0.150 e. The van der Waals surface area contributed by atoms with E-state index in [0.29, 0.717) is 24.1 Å². The first kappa shape index (κ1) is 12.0. The summed E-state index contributed by atoms with van der Waals surface area (Å²) in [5.74, 6) is 1.48. The fourth-order valence-corrected chi connectivity index (χ4v) is 4.62. The van der Waals surface area contributed by atoms with Crippen molar-refractivity contribution in [3.8, 4) is 0 Å². The molecule has 0 aliphatic carbocycles. The molecule has 4 heteroatoms. The Hall–Kier alpha value is -0.0900. The van der Waals surface area contributed by atoms with Gasteiger partial charge in [0, 0.05) is 5.41 Å². The average Bonchev–Trinajstić information content (AvgIpc) is 2.41. The summed E-state index contributed by atoms with van der Waals surface area (Å²) >= 11 is 0. The second kappa shape index (κ2) is 3.81. The van der Waals surface area contributed by atoms with Gasteiger partial charge < -0.3 is 5.73 Å². The van der Waals surface area contributed by atoms with Crippen molar-refractivity contribution < 1.29 is 8.42 Å². The van der Waals surface area contributed by atoms with Crippen LogP contribution < -0.4 is 5.73 Å². The first-order chi connectivity index (χ1) is 6.33. The molecule has 3 nitrogen and oxygen atoms in total. The van der Waals surface area contributed by atoms with E-state index in [9.17, 15) is 8.42 Å². The van der Waals surface area contributed by atoms with Gasteiger partial charge in [-0.15, -0.1) is 0 Å². The van der Waals surface area contributed by atoms with E-state index >= 15 is 0 Å². The van der Waals surface area contributed by atoms with Crippen LogP contribution in [-0.4, -0.2) is 26.5 Å². The predicted molar refractivity (Wildman–Crippen MR) is 58.8 cm³/mol. The topological polar surface area (TPSA) is 60.2 Å². The summed E-state index contributed by atoms with van der Waals surface area (Å²) in [6.45, 7) is 6.88. The highest BCUT2D eigenvalue weighted by atomic mass is 32.2. The zero-order chi connectivity index (χ0) is 11.0. The van der Waals surface area contributed by atoms with Gasteiger partial charge >= 0.3 is 0 Å². The molecule has 0 radical (unpaired) electrons. The van der Waals surface area contributed by atoms with Gasteiger partial charge in [-0.2, -0.15) is 0 Å². The fourth-order valence-electron chi connectivity index (χ4n) is 2.35. The second-order valence-electron chi connectivity index (χ2n) is 4.94. The molecule has 1 heterocycles. The molecule has 0 aromatic carbocycles. The van der Waals surface area contributed by atoms with Crippen LogP contribution in [0.3, 0.4) is 0 Å². The maximum Gasteiger partial charge on any atom is 0.150 e. The lowest BCUT2D eigenvalue weighted by Gasteiger charge is -2.35. The highest BCUT2D eigenvalue weighted by Crippen LogP contribution is 2.41. The molecular weight excluding hydrogens is 198 g/mol. The van der Waals surface area contributed by atoms with Crippen LogP contribution in [0.1, 0.15) is 27.2 Å². The lowest BCUT2D eigenvalue weighted by atomic mass is 9.71. The van der Waals surface area contributed by atoms with E-state index < -0.39 is 9.84 Å². The van der Waals surface area contributed by atoms with Gasteiger partial charge in [0.25, 0.3) is 0 Å². The summed E-state index contributed by atoms with van der Waals surface area (Å²) in [4.78, 5) is 0. The molecule has 0 bridgehead atoms. The molecule has 1 rings (SSSR count). The average molecular weight is 219 g/mol. The highest BCUT2D eigenvalue weighted by Gasteiger charge is 2.45. The van der Waals surface area contributed by atoms with Gasteiger partial charge in [0.15, 0.2) is 9.84 Å². The molecular formula is C10H21NO2S. The lowest BCUT2D eigenvalue weighted by molar-refractivity contribution is 0.168. The van der Waals surface area contributed by atoms with Crippen molar-refractivity contribution in [3.05, 3.63) is 0 Å². The van der Waals surface area contributed by atoms with Crippen molar-refractivity contribution in [2.45, 2.75) is 27.2 Å². The van der Waals surface area contributed by atoms with Crippen LogP contribution in [0, 0.1) is 17.3 Å². The van der Waals surface area contributed by atoms with Crippen molar-refractivity contribution in [2.75, 3.05) is 18.1 Å². The molecule has 1 aliphatic heterocycles. The van der Waals surface area contributed by atoms with Gasteiger partial charge in [-0.05, 0) is 24.8 Å². The summed E-state index contributed by atoms with van der Waals surface area (Å²) in [6, 6.07) is 0. The molecule has 1 saturated heterocycles. The van der Waals surface area contributed by atoms with Gasteiger partial charge in [-0.3, -0.25) is 0 Å². The Morgan fingerprint density at radius 3 is 2.21 bits per heavy atom. The molecule has 14 heavy (non-hydrogen) atoms. The molecule has 0 amide bonds. The first-order valence-electron chi connectivity index (χ1n) is 5.23. The molecule has 0 aromatic rings. The van der Waals surface area contributed by atoms with E-state index in [1.165, 1.54) is 0 Å². The molecule has 0 saturated carbocycles. The quantitative estimate of drug-likeness (QED) is 0.771. The van der Waals surface area contributed by atoms with Crippen LogP contribution in [-0.2, 0) is 9.84 Å². The summed E-state index contributed by atoms with van der Waals surface area (Å²) < 4.78 is 23.0. The van der Waals surface area contributed by atoms with Gasteiger partial charge in [0.05, 0.1) is 11.5 Å². The van der Waals surface area contributed by atoms with Crippen LogP contribution in [0.2, 0.25) is 0 Å².